The van der Waals surface area contributed by atoms with Crippen LogP contribution in [0.3, 0.4) is 0 Å². The second-order valence-electron chi connectivity index (χ2n) is 6.26. The van der Waals surface area contributed by atoms with Crippen LogP contribution < -0.4 is 10.2 Å². The summed E-state index contributed by atoms with van der Waals surface area (Å²) in [5, 5.41) is 3.14. The number of carbonyl (C=O) groups excluding carboxylic acids is 3. The van der Waals surface area contributed by atoms with Gasteiger partial charge in [0, 0.05) is 4.90 Å². The minimum Gasteiger partial charge on any atom is -0.449 e. The Labute approximate surface area is 199 Å². The molecule has 1 aliphatic heterocycles. The monoisotopic (exact) mass is 536 g/mol. The maximum atomic E-state index is 13.0. The normalized spacial score (nSPS) is 15.5. The van der Waals surface area contributed by atoms with Crippen LogP contribution in [0.2, 0.25) is 10.0 Å². The lowest BCUT2D eigenvalue weighted by Crippen LogP contribution is -2.54. The molecule has 2 aromatic carbocycles. The van der Waals surface area contributed by atoms with E-state index in [4.69, 9.17) is 27.6 Å². The van der Waals surface area contributed by atoms with Gasteiger partial charge in [0.05, 0.1) is 20.2 Å². The van der Waals surface area contributed by atoms with E-state index in [1.54, 1.807) is 6.07 Å². The summed E-state index contributed by atoms with van der Waals surface area (Å²) in [7, 11) is 0. The molecular formula is C21H11BrCl2N2O4S. The molecule has 1 aliphatic rings. The summed E-state index contributed by atoms with van der Waals surface area (Å²) < 4.78 is 6.45. The van der Waals surface area contributed by atoms with Crippen molar-refractivity contribution in [3.05, 3.63) is 80.4 Å². The van der Waals surface area contributed by atoms with Gasteiger partial charge in [0.25, 0.3) is 11.8 Å². The van der Waals surface area contributed by atoms with Crippen LogP contribution in [-0.4, -0.2) is 17.8 Å². The van der Waals surface area contributed by atoms with Crippen molar-refractivity contribution in [2.24, 2.45) is 0 Å². The van der Waals surface area contributed by atoms with Crippen molar-refractivity contribution in [3.8, 4) is 0 Å². The maximum absolute atomic E-state index is 13.0. The molecule has 1 aromatic heterocycles. The van der Waals surface area contributed by atoms with E-state index in [-0.39, 0.29) is 27.1 Å². The summed E-state index contributed by atoms with van der Waals surface area (Å²) in [6.07, 6.45) is 1.29. The Morgan fingerprint density at radius 1 is 1.00 bits per heavy atom. The summed E-state index contributed by atoms with van der Waals surface area (Å²) in [4.78, 5) is 39.4. The third-order valence-corrected chi connectivity index (χ3v) is 6.76. The first-order chi connectivity index (χ1) is 14.8. The molecule has 0 saturated carbocycles. The van der Waals surface area contributed by atoms with Crippen molar-refractivity contribution >= 4 is 80.5 Å². The van der Waals surface area contributed by atoms with Crippen molar-refractivity contribution in [1.29, 1.82) is 0 Å². The lowest BCUT2D eigenvalue weighted by molar-refractivity contribution is -0.122. The van der Waals surface area contributed by atoms with Gasteiger partial charge in [-0.05, 0) is 58.4 Å². The second-order valence-corrected chi connectivity index (χ2v) is 8.97. The molecule has 0 atom stereocenters. The van der Waals surface area contributed by atoms with Gasteiger partial charge in [-0.1, -0.05) is 53.2 Å². The molecular weight excluding hydrogens is 527 g/mol. The number of hydrogen-bond donors (Lipinski definition) is 1. The van der Waals surface area contributed by atoms with Crippen LogP contribution in [0, 0.1) is 0 Å². The number of nitrogens with zero attached hydrogens (tertiary/aromatic N) is 1. The largest absolute Gasteiger partial charge is 0.449 e. The number of furan rings is 1. The number of benzene rings is 2. The summed E-state index contributed by atoms with van der Waals surface area (Å²) in [5.41, 5.74) is -0.0839. The van der Waals surface area contributed by atoms with Crippen molar-refractivity contribution in [2.75, 3.05) is 4.90 Å². The lowest BCUT2D eigenvalue weighted by Gasteiger charge is -2.26. The van der Waals surface area contributed by atoms with Crippen LogP contribution >= 0.6 is 50.9 Å². The highest BCUT2D eigenvalue weighted by Gasteiger charge is 2.37. The lowest BCUT2D eigenvalue weighted by atomic mass is 10.1. The minimum atomic E-state index is -0.883. The van der Waals surface area contributed by atoms with E-state index in [0.29, 0.717) is 9.56 Å². The molecule has 0 bridgehead atoms. The molecule has 0 radical (unpaired) electrons. The molecule has 31 heavy (non-hydrogen) atoms. The van der Waals surface area contributed by atoms with Gasteiger partial charge in [-0.3, -0.25) is 14.9 Å². The number of urea groups is 1. The molecule has 0 unspecified atom stereocenters. The predicted molar refractivity (Wildman–Crippen MR) is 122 cm³/mol. The number of nitrogens with one attached hydrogen (secondary N) is 1. The van der Waals surface area contributed by atoms with E-state index in [0.717, 1.165) is 9.80 Å². The molecule has 10 heteroatoms. The number of carbonyl (C=O) groups is 3. The molecule has 1 saturated heterocycles. The Morgan fingerprint density at radius 3 is 2.45 bits per heavy atom. The average molecular weight is 538 g/mol. The van der Waals surface area contributed by atoms with Crippen LogP contribution in [0.1, 0.15) is 5.76 Å². The van der Waals surface area contributed by atoms with Gasteiger partial charge < -0.3 is 4.42 Å². The molecule has 0 aliphatic carbocycles. The van der Waals surface area contributed by atoms with E-state index in [1.807, 2.05) is 30.3 Å². The molecule has 6 nitrogen and oxygen atoms in total. The molecule has 156 valence electrons. The zero-order valence-electron chi connectivity index (χ0n) is 15.4. The Bertz CT molecular complexity index is 1240. The van der Waals surface area contributed by atoms with Gasteiger partial charge in [-0.2, -0.15) is 0 Å². The molecule has 4 amide bonds. The quantitative estimate of drug-likeness (QED) is 0.318. The number of anilines is 1. The van der Waals surface area contributed by atoms with E-state index in [1.165, 1.54) is 36.0 Å². The highest BCUT2D eigenvalue weighted by atomic mass is 79.9. The smallest absolute Gasteiger partial charge is 0.335 e. The molecule has 2 heterocycles. The van der Waals surface area contributed by atoms with E-state index >= 15 is 0 Å². The summed E-state index contributed by atoms with van der Waals surface area (Å²) >= 11 is 16.7. The fraction of sp³-hybridized carbons (Fsp3) is 0. The predicted octanol–water partition coefficient (Wildman–Crippen LogP) is 6.17. The van der Waals surface area contributed by atoms with Gasteiger partial charge in [0.15, 0.2) is 5.09 Å². The summed E-state index contributed by atoms with van der Waals surface area (Å²) in [6.45, 7) is 0. The van der Waals surface area contributed by atoms with Crippen molar-refractivity contribution in [1.82, 2.24) is 5.32 Å². The Kier molecular flexibility index (Phi) is 6.24. The highest BCUT2D eigenvalue weighted by Crippen LogP contribution is 2.37. The van der Waals surface area contributed by atoms with Crippen molar-refractivity contribution in [3.63, 3.8) is 0 Å². The van der Waals surface area contributed by atoms with Crippen LogP contribution in [-0.2, 0) is 9.59 Å². The van der Waals surface area contributed by atoms with E-state index < -0.39 is 17.8 Å². The van der Waals surface area contributed by atoms with Gasteiger partial charge in [-0.25, -0.2) is 9.69 Å². The number of rotatable bonds is 4. The summed E-state index contributed by atoms with van der Waals surface area (Å²) in [6, 6.07) is 14.6. The van der Waals surface area contributed by atoms with Crippen LogP contribution in [0.5, 0.6) is 0 Å². The van der Waals surface area contributed by atoms with Crippen molar-refractivity contribution < 1.29 is 18.8 Å². The summed E-state index contributed by atoms with van der Waals surface area (Å²) in [5.74, 6) is -1.36. The number of hydrogen-bond acceptors (Lipinski definition) is 5. The highest BCUT2D eigenvalue weighted by molar-refractivity contribution is 9.10. The van der Waals surface area contributed by atoms with E-state index in [2.05, 4.69) is 21.2 Å². The van der Waals surface area contributed by atoms with Gasteiger partial charge in [0.1, 0.15) is 11.3 Å². The zero-order valence-corrected chi connectivity index (χ0v) is 19.3. The van der Waals surface area contributed by atoms with Gasteiger partial charge >= 0.3 is 6.03 Å². The molecule has 1 fully saturated rings. The molecule has 3 aromatic rings. The molecule has 4 rings (SSSR count). The first-order valence-corrected chi connectivity index (χ1v) is 11.1. The van der Waals surface area contributed by atoms with Gasteiger partial charge in [-0.15, -0.1) is 0 Å². The van der Waals surface area contributed by atoms with Gasteiger partial charge in [0.2, 0.25) is 0 Å². The van der Waals surface area contributed by atoms with Crippen LogP contribution in [0.15, 0.2) is 79.0 Å². The average Bonchev–Trinajstić information content (AvgIpc) is 3.07. The number of halogens is 3. The minimum absolute atomic E-state index is 0.166. The standard InChI is InChI=1S/C21H11BrCl2N2O4S/c22-15-10-12(30-20(15)31-13-4-2-1-3-5-13)9-14-18(27)25-21(29)26(19(14)28)11-6-7-16(23)17(24)8-11/h1-10H,(H,25,27,29)/b14-9+. The number of imide groups is 2. The first kappa shape index (κ1) is 21.7. The Morgan fingerprint density at radius 2 is 1.74 bits per heavy atom. The SMILES string of the molecule is O=C1NC(=O)N(c2ccc(Cl)c(Cl)c2)C(=O)/C1=C/c1cc(Br)c(Sc2ccccc2)o1. The molecule has 1 N–H and O–H groups in total. The number of barbiturate groups is 1. The maximum Gasteiger partial charge on any atom is 0.335 e. The topological polar surface area (TPSA) is 79.6 Å². The fourth-order valence-electron chi connectivity index (χ4n) is 2.76. The third kappa shape index (κ3) is 4.57. The van der Waals surface area contributed by atoms with Crippen LogP contribution in [0.4, 0.5) is 10.5 Å². The molecule has 0 spiro atoms. The Balaban J connectivity index is 1.66. The second kappa shape index (κ2) is 8.92. The van der Waals surface area contributed by atoms with E-state index in [9.17, 15) is 14.4 Å². The third-order valence-electron chi connectivity index (χ3n) is 4.18. The van der Waals surface area contributed by atoms with Crippen LogP contribution in [0.25, 0.3) is 6.08 Å². The number of amides is 4. The zero-order chi connectivity index (χ0) is 22.1. The first-order valence-electron chi connectivity index (χ1n) is 8.72. The van der Waals surface area contributed by atoms with Crippen molar-refractivity contribution in [2.45, 2.75) is 9.99 Å². The Hall–Kier alpha value is -2.52. The fourth-order valence-corrected chi connectivity index (χ4v) is 4.41.